The molecule has 0 saturated carbocycles. The number of hydrogen-bond donors (Lipinski definition) is 0. The van der Waals surface area contributed by atoms with E-state index >= 15 is 0 Å². The van der Waals surface area contributed by atoms with Crippen LogP contribution in [0.2, 0.25) is 0 Å². The standard InChI is InChI=1S/C49H33NO/c1-2-3-19-40-38-23-9-14-27-44(38)49(42-25-12-7-21-36(42)37-22-8-13-26-43(37)49)48(40)50(45-28-15-10-20-35(45)33-17-5-4-6-18-33)34-30-31-47-41(32-34)39-24-11-16-29-46(39)51-47/h2-32H,1H2/b19-3-. The van der Waals surface area contributed by atoms with Gasteiger partial charge < -0.3 is 9.32 Å². The van der Waals surface area contributed by atoms with Crippen LogP contribution in [0, 0.1) is 0 Å². The molecule has 0 N–H and O–H groups in total. The van der Waals surface area contributed by atoms with Gasteiger partial charge in [0.1, 0.15) is 11.2 Å². The average Bonchev–Trinajstić information content (AvgIpc) is 3.81. The molecule has 0 fully saturated rings. The summed E-state index contributed by atoms with van der Waals surface area (Å²) in [6.07, 6.45) is 6.20. The van der Waals surface area contributed by atoms with Gasteiger partial charge in [-0.05, 0) is 69.3 Å². The minimum absolute atomic E-state index is 0.609. The van der Waals surface area contributed by atoms with E-state index in [1.165, 1.54) is 39.1 Å². The lowest BCUT2D eigenvalue weighted by Gasteiger charge is -2.40. The molecule has 0 saturated heterocycles. The first kappa shape index (κ1) is 29.3. The molecule has 51 heavy (non-hydrogen) atoms. The summed E-state index contributed by atoms with van der Waals surface area (Å²) in [6, 6.07) is 61.4. The van der Waals surface area contributed by atoms with E-state index in [0.717, 1.165) is 50.0 Å². The van der Waals surface area contributed by atoms with Crippen molar-refractivity contribution in [3.63, 3.8) is 0 Å². The molecule has 1 heterocycles. The second kappa shape index (κ2) is 11.5. The summed E-state index contributed by atoms with van der Waals surface area (Å²) in [5.41, 5.74) is 15.6. The van der Waals surface area contributed by atoms with Crippen LogP contribution in [0.15, 0.2) is 205 Å². The van der Waals surface area contributed by atoms with Crippen molar-refractivity contribution in [3.8, 4) is 22.3 Å². The highest BCUT2D eigenvalue weighted by Crippen LogP contribution is 2.64. The van der Waals surface area contributed by atoms with Gasteiger partial charge in [-0.25, -0.2) is 0 Å². The van der Waals surface area contributed by atoms with Crippen LogP contribution in [-0.4, -0.2) is 0 Å². The zero-order chi connectivity index (χ0) is 33.9. The number of para-hydroxylation sites is 2. The van der Waals surface area contributed by atoms with E-state index in [1.54, 1.807) is 0 Å². The lowest BCUT2D eigenvalue weighted by Crippen LogP contribution is -2.36. The van der Waals surface area contributed by atoms with Crippen molar-refractivity contribution in [3.05, 3.63) is 223 Å². The first-order valence-corrected chi connectivity index (χ1v) is 17.5. The van der Waals surface area contributed by atoms with Gasteiger partial charge in [0.05, 0.1) is 16.8 Å². The van der Waals surface area contributed by atoms with Crippen molar-refractivity contribution >= 4 is 38.9 Å². The van der Waals surface area contributed by atoms with Crippen molar-refractivity contribution < 1.29 is 4.42 Å². The van der Waals surface area contributed by atoms with Gasteiger partial charge in [-0.15, -0.1) is 0 Å². The fraction of sp³-hybridized carbons (Fsp3) is 0.0204. The molecule has 10 rings (SSSR count). The number of nitrogens with zero attached hydrogens (tertiary/aromatic N) is 1. The van der Waals surface area contributed by atoms with Crippen LogP contribution >= 0.6 is 0 Å². The molecule has 2 nitrogen and oxygen atoms in total. The Morgan fingerprint density at radius 2 is 1.08 bits per heavy atom. The smallest absolute Gasteiger partial charge is 0.135 e. The Hall–Kier alpha value is -6.64. The van der Waals surface area contributed by atoms with Crippen LogP contribution in [0.3, 0.4) is 0 Å². The van der Waals surface area contributed by atoms with E-state index in [-0.39, 0.29) is 0 Å². The number of benzene rings is 7. The largest absolute Gasteiger partial charge is 0.456 e. The Labute approximate surface area is 297 Å². The highest BCUT2D eigenvalue weighted by atomic mass is 16.3. The Balaban J connectivity index is 1.39. The summed E-state index contributed by atoms with van der Waals surface area (Å²) in [6.45, 7) is 4.10. The van der Waals surface area contributed by atoms with E-state index in [1.807, 2.05) is 18.2 Å². The predicted molar refractivity (Wildman–Crippen MR) is 212 cm³/mol. The van der Waals surface area contributed by atoms with Crippen molar-refractivity contribution in [2.24, 2.45) is 0 Å². The van der Waals surface area contributed by atoms with Crippen molar-refractivity contribution in [2.75, 3.05) is 4.90 Å². The summed E-state index contributed by atoms with van der Waals surface area (Å²) >= 11 is 0. The molecule has 8 aromatic rings. The number of hydrogen-bond acceptors (Lipinski definition) is 2. The minimum Gasteiger partial charge on any atom is -0.456 e. The van der Waals surface area contributed by atoms with Gasteiger partial charge in [-0.1, -0.05) is 164 Å². The van der Waals surface area contributed by atoms with Crippen molar-refractivity contribution in [1.29, 1.82) is 0 Å². The number of allylic oxidation sites excluding steroid dienone is 5. The van der Waals surface area contributed by atoms with Crippen LogP contribution in [-0.2, 0) is 5.41 Å². The number of anilines is 2. The van der Waals surface area contributed by atoms with Gasteiger partial charge in [0.2, 0.25) is 0 Å². The molecule has 2 aliphatic carbocycles. The van der Waals surface area contributed by atoms with Gasteiger partial charge in [0.25, 0.3) is 0 Å². The third-order valence-electron chi connectivity index (χ3n) is 10.7. The second-order valence-electron chi connectivity index (χ2n) is 13.2. The van der Waals surface area contributed by atoms with Crippen LogP contribution in [0.5, 0.6) is 0 Å². The van der Waals surface area contributed by atoms with Gasteiger partial charge >= 0.3 is 0 Å². The van der Waals surface area contributed by atoms with Crippen LogP contribution in [0.1, 0.15) is 22.3 Å². The number of furan rings is 1. The normalized spacial score (nSPS) is 14.0. The van der Waals surface area contributed by atoms with Gasteiger partial charge in [-0.3, -0.25) is 0 Å². The molecule has 0 atom stereocenters. The Morgan fingerprint density at radius 3 is 1.80 bits per heavy atom. The fourth-order valence-corrected chi connectivity index (χ4v) is 8.68. The molecular weight excluding hydrogens is 619 g/mol. The summed E-state index contributed by atoms with van der Waals surface area (Å²) in [4.78, 5) is 2.53. The summed E-state index contributed by atoms with van der Waals surface area (Å²) in [7, 11) is 0. The molecule has 7 aromatic carbocycles. The lowest BCUT2D eigenvalue weighted by atomic mass is 9.71. The molecule has 240 valence electrons. The highest BCUT2D eigenvalue weighted by molar-refractivity contribution is 6.08. The Kier molecular flexibility index (Phi) is 6.59. The van der Waals surface area contributed by atoms with Gasteiger partial charge in [-0.2, -0.15) is 0 Å². The topological polar surface area (TPSA) is 16.4 Å². The average molecular weight is 652 g/mol. The molecule has 0 bridgehead atoms. The zero-order valence-electron chi connectivity index (χ0n) is 28.0. The summed E-state index contributed by atoms with van der Waals surface area (Å²) in [5.74, 6) is 0. The molecule has 0 aliphatic heterocycles. The number of fused-ring (bicyclic) bond motifs is 10. The van der Waals surface area contributed by atoms with E-state index < -0.39 is 5.41 Å². The molecule has 0 radical (unpaired) electrons. The van der Waals surface area contributed by atoms with E-state index in [2.05, 4.69) is 181 Å². The molecular formula is C49H33NO. The molecule has 0 amide bonds. The Bertz CT molecular complexity index is 2680. The second-order valence-corrected chi connectivity index (χ2v) is 13.2. The monoisotopic (exact) mass is 651 g/mol. The SMILES string of the molecule is C=C/C=C\C1=C(N(c2ccc3oc4ccccc4c3c2)c2ccccc2-c2ccccc2)C2(c3ccccc31)c1ccccc1-c1ccccc12. The lowest BCUT2D eigenvalue weighted by molar-refractivity contribution is 0.669. The predicted octanol–water partition coefficient (Wildman–Crippen LogP) is 12.9. The minimum atomic E-state index is -0.609. The molecule has 1 aromatic heterocycles. The first-order valence-electron chi connectivity index (χ1n) is 17.5. The maximum Gasteiger partial charge on any atom is 0.135 e. The summed E-state index contributed by atoms with van der Waals surface area (Å²) < 4.78 is 6.37. The van der Waals surface area contributed by atoms with Gasteiger partial charge in [0.15, 0.2) is 0 Å². The fourth-order valence-electron chi connectivity index (χ4n) is 8.68. The van der Waals surface area contributed by atoms with Crippen LogP contribution < -0.4 is 4.90 Å². The van der Waals surface area contributed by atoms with Crippen molar-refractivity contribution in [1.82, 2.24) is 0 Å². The first-order chi connectivity index (χ1) is 25.3. The van der Waals surface area contributed by atoms with Crippen LogP contribution in [0.4, 0.5) is 11.4 Å². The number of rotatable bonds is 6. The van der Waals surface area contributed by atoms with E-state index in [9.17, 15) is 0 Å². The third-order valence-corrected chi connectivity index (χ3v) is 10.7. The van der Waals surface area contributed by atoms with Crippen LogP contribution in [0.25, 0.3) is 49.8 Å². The molecule has 1 spiro atoms. The quantitative estimate of drug-likeness (QED) is 0.166. The zero-order valence-corrected chi connectivity index (χ0v) is 28.0. The Morgan fingerprint density at radius 1 is 0.510 bits per heavy atom. The molecule has 2 aliphatic rings. The molecule has 2 heteroatoms. The van der Waals surface area contributed by atoms with Crippen molar-refractivity contribution in [2.45, 2.75) is 5.41 Å². The van der Waals surface area contributed by atoms with Gasteiger partial charge in [0, 0.05) is 27.6 Å². The third kappa shape index (κ3) is 4.17. The highest BCUT2D eigenvalue weighted by Gasteiger charge is 2.55. The van der Waals surface area contributed by atoms with E-state index in [0.29, 0.717) is 0 Å². The van der Waals surface area contributed by atoms with E-state index in [4.69, 9.17) is 4.42 Å². The summed E-state index contributed by atoms with van der Waals surface area (Å²) in [5, 5.41) is 2.19. The molecule has 0 unspecified atom stereocenters. The maximum atomic E-state index is 6.37. The maximum absolute atomic E-state index is 6.37.